The molecule has 76 valence electrons. The summed E-state index contributed by atoms with van der Waals surface area (Å²) in [6.07, 6.45) is 5.56. The van der Waals surface area contributed by atoms with E-state index in [-0.39, 0.29) is 5.54 Å². The molecule has 1 saturated carbocycles. The molecule has 1 aromatic heterocycles. The summed E-state index contributed by atoms with van der Waals surface area (Å²) in [5, 5.41) is 4.24. The van der Waals surface area contributed by atoms with E-state index >= 15 is 0 Å². The minimum atomic E-state index is 0.247. The molecule has 1 heterocycles. The van der Waals surface area contributed by atoms with E-state index in [1.54, 1.807) is 6.20 Å². The Hall–Kier alpha value is -0.760. The number of pyridine rings is 1. The molecule has 1 N–H and O–H groups in total. The van der Waals surface area contributed by atoms with Crippen molar-refractivity contribution in [1.82, 2.24) is 4.98 Å². The molecule has 0 atom stereocenters. The van der Waals surface area contributed by atoms with Crippen LogP contribution in [0.5, 0.6) is 0 Å². The van der Waals surface area contributed by atoms with E-state index in [2.05, 4.69) is 17.2 Å². The SMILES string of the molecule is Cc1nccc(NC2(C)CCC2)c1Cl. The summed E-state index contributed by atoms with van der Waals surface area (Å²) in [7, 11) is 0. The van der Waals surface area contributed by atoms with Crippen LogP contribution in [0, 0.1) is 6.92 Å². The maximum Gasteiger partial charge on any atom is 0.0849 e. The third-order valence-corrected chi connectivity index (χ3v) is 3.43. The summed E-state index contributed by atoms with van der Waals surface area (Å²) in [5.74, 6) is 0. The zero-order chi connectivity index (χ0) is 10.2. The van der Waals surface area contributed by atoms with Gasteiger partial charge in [-0.25, -0.2) is 0 Å². The highest BCUT2D eigenvalue weighted by Crippen LogP contribution is 2.36. The standard InChI is InChI=1S/C11H15ClN2/c1-8-10(12)9(4-7-13-8)14-11(2)5-3-6-11/h4,7H,3,5-6H2,1-2H3,(H,13,14). The first kappa shape index (κ1) is 9.78. The molecule has 0 spiro atoms. The Morgan fingerprint density at radius 3 is 2.79 bits per heavy atom. The summed E-state index contributed by atoms with van der Waals surface area (Å²) < 4.78 is 0. The van der Waals surface area contributed by atoms with E-state index in [4.69, 9.17) is 11.6 Å². The Kier molecular flexibility index (Phi) is 2.40. The van der Waals surface area contributed by atoms with Crippen LogP contribution in [0.25, 0.3) is 0 Å². The number of aromatic nitrogens is 1. The van der Waals surface area contributed by atoms with Crippen LogP contribution in [-0.2, 0) is 0 Å². The normalized spacial score (nSPS) is 18.8. The van der Waals surface area contributed by atoms with E-state index in [1.807, 2.05) is 13.0 Å². The molecule has 0 unspecified atom stereocenters. The largest absolute Gasteiger partial charge is 0.379 e. The first-order valence-corrected chi connectivity index (χ1v) is 5.38. The molecule has 1 fully saturated rings. The Bertz CT molecular complexity index is 345. The lowest BCUT2D eigenvalue weighted by atomic mass is 9.78. The molecule has 0 aliphatic heterocycles. The second-order valence-electron chi connectivity index (χ2n) is 4.30. The van der Waals surface area contributed by atoms with E-state index in [0.717, 1.165) is 16.4 Å². The van der Waals surface area contributed by atoms with Gasteiger partial charge in [-0.2, -0.15) is 0 Å². The van der Waals surface area contributed by atoms with Gasteiger partial charge in [-0.1, -0.05) is 11.6 Å². The van der Waals surface area contributed by atoms with Crippen LogP contribution in [0.3, 0.4) is 0 Å². The van der Waals surface area contributed by atoms with Crippen LogP contribution < -0.4 is 5.32 Å². The smallest absolute Gasteiger partial charge is 0.0849 e. The second-order valence-corrected chi connectivity index (χ2v) is 4.68. The van der Waals surface area contributed by atoms with Crippen molar-refractivity contribution in [3.05, 3.63) is 23.0 Å². The molecule has 2 nitrogen and oxygen atoms in total. The van der Waals surface area contributed by atoms with E-state index in [1.165, 1.54) is 19.3 Å². The van der Waals surface area contributed by atoms with Gasteiger partial charge in [0.15, 0.2) is 0 Å². The summed E-state index contributed by atoms with van der Waals surface area (Å²) in [6.45, 7) is 4.17. The van der Waals surface area contributed by atoms with Gasteiger partial charge in [0.05, 0.1) is 16.4 Å². The molecular weight excluding hydrogens is 196 g/mol. The van der Waals surface area contributed by atoms with Crippen molar-refractivity contribution < 1.29 is 0 Å². The lowest BCUT2D eigenvalue weighted by Gasteiger charge is -2.40. The lowest BCUT2D eigenvalue weighted by molar-refractivity contribution is 0.306. The number of halogens is 1. The molecular formula is C11H15ClN2. The summed E-state index contributed by atoms with van der Waals surface area (Å²) in [5.41, 5.74) is 2.15. The summed E-state index contributed by atoms with van der Waals surface area (Å²) in [4.78, 5) is 4.14. The predicted octanol–water partition coefficient (Wildman–Crippen LogP) is 3.40. The molecule has 1 aromatic rings. The minimum Gasteiger partial charge on any atom is -0.379 e. The van der Waals surface area contributed by atoms with Crippen LogP contribution in [0.1, 0.15) is 31.9 Å². The van der Waals surface area contributed by atoms with E-state index < -0.39 is 0 Å². The minimum absolute atomic E-state index is 0.247. The topological polar surface area (TPSA) is 24.9 Å². The van der Waals surface area contributed by atoms with Crippen molar-refractivity contribution in [2.45, 2.75) is 38.6 Å². The molecule has 0 amide bonds. The number of hydrogen-bond donors (Lipinski definition) is 1. The third-order valence-electron chi connectivity index (χ3n) is 2.96. The molecule has 1 aliphatic rings. The van der Waals surface area contributed by atoms with Gasteiger partial charge in [0.25, 0.3) is 0 Å². The maximum atomic E-state index is 6.16. The first-order chi connectivity index (χ1) is 6.61. The summed E-state index contributed by atoms with van der Waals surface area (Å²) >= 11 is 6.16. The molecule has 0 radical (unpaired) electrons. The van der Waals surface area contributed by atoms with Gasteiger partial charge in [-0.3, -0.25) is 4.98 Å². The number of aryl methyl sites for hydroxylation is 1. The molecule has 14 heavy (non-hydrogen) atoms. The van der Waals surface area contributed by atoms with Crippen molar-refractivity contribution in [2.24, 2.45) is 0 Å². The second kappa shape index (κ2) is 3.43. The highest BCUT2D eigenvalue weighted by Gasteiger charge is 2.31. The van der Waals surface area contributed by atoms with Gasteiger partial charge in [0.2, 0.25) is 0 Å². The summed E-state index contributed by atoms with van der Waals surface area (Å²) in [6, 6.07) is 1.94. The fourth-order valence-electron chi connectivity index (χ4n) is 1.80. The molecule has 0 saturated heterocycles. The third kappa shape index (κ3) is 1.71. The average Bonchev–Trinajstić information content (AvgIpc) is 2.10. The molecule has 2 rings (SSSR count). The fourth-order valence-corrected chi connectivity index (χ4v) is 1.96. The molecule has 1 aliphatic carbocycles. The number of hydrogen-bond acceptors (Lipinski definition) is 2. The highest BCUT2D eigenvalue weighted by atomic mass is 35.5. The average molecular weight is 211 g/mol. The van der Waals surface area contributed by atoms with Gasteiger partial charge in [-0.05, 0) is 39.2 Å². The van der Waals surface area contributed by atoms with Crippen molar-refractivity contribution in [3.63, 3.8) is 0 Å². The van der Waals surface area contributed by atoms with Gasteiger partial charge >= 0.3 is 0 Å². The Morgan fingerprint density at radius 1 is 1.50 bits per heavy atom. The van der Waals surface area contributed by atoms with Crippen LogP contribution in [0.4, 0.5) is 5.69 Å². The Labute approximate surface area is 89.7 Å². The van der Waals surface area contributed by atoms with Crippen LogP contribution in [0.15, 0.2) is 12.3 Å². The maximum absolute atomic E-state index is 6.16. The van der Waals surface area contributed by atoms with E-state index in [0.29, 0.717) is 0 Å². The fraction of sp³-hybridized carbons (Fsp3) is 0.545. The van der Waals surface area contributed by atoms with Gasteiger partial charge in [0, 0.05) is 11.7 Å². The molecule has 0 aromatic carbocycles. The lowest BCUT2D eigenvalue weighted by Crippen LogP contribution is -2.41. The number of anilines is 1. The highest BCUT2D eigenvalue weighted by molar-refractivity contribution is 6.33. The zero-order valence-corrected chi connectivity index (χ0v) is 9.36. The first-order valence-electron chi connectivity index (χ1n) is 5.00. The number of nitrogens with one attached hydrogen (secondary N) is 1. The predicted molar refractivity (Wildman–Crippen MR) is 59.9 cm³/mol. The van der Waals surface area contributed by atoms with Crippen molar-refractivity contribution in [1.29, 1.82) is 0 Å². The van der Waals surface area contributed by atoms with Gasteiger partial charge in [0.1, 0.15) is 0 Å². The van der Waals surface area contributed by atoms with Crippen LogP contribution in [-0.4, -0.2) is 10.5 Å². The molecule has 0 bridgehead atoms. The molecule has 3 heteroatoms. The Morgan fingerprint density at radius 2 is 2.21 bits per heavy atom. The van der Waals surface area contributed by atoms with Crippen LogP contribution >= 0.6 is 11.6 Å². The zero-order valence-electron chi connectivity index (χ0n) is 8.60. The quantitative estimate of drug-likeness (QED) is 0.810. The van der Waals surface area contributed by atoms with E-state index in [9.17, 15) is 0 Å². The monoisotopic (exact) mass is 210 g/mol. The van der Waals surface area contributed by atoms with Gasteiger partial charge < -0.3 is 5.32 Å². The van der Waals surface area contributed by atoms with Gasteiger partial charge in [-0.15, -0.1) is 0 Å². The Balaban J connectivity index is 2.20. The number of rotatable bonds is 2. The van der Waals surface area contributed by atoms with Crippen molar-refractivity contribution in [2.75, 3.05) is 5.32 Å². The van der Waals surface area contributed by atoms with Crippen molar-refractivity contribution in [3.8, 4) is 0 Å². The number of nitrogens with zero attached hydrogens (tertiary/aromatic N) is 1. The van der Waals surface area contributed by atoms with Crippen molar-refractivity contribution >= 4 is 17.3 Å². The van der Waals surface area contributed by atoms with Crippen LogP contribution in [0.2, 0.25) is 5.02 Å².